The van der Waals surface area contributed by atoms with Gasteiger partial charge in [-0.15, -0.1) is 0 Å². The Labute approximate surface area is 188 Å². The molecule has 8 nitrogen and oxygen atoms in total. The number of hydrogen-bond donors (Lipinski definition) is 2. The topological polar surface area (TPSA) is 109 Å². The number of aromatic nitrogens is 1. The van der Waals surface area contributed by atoms with E-state index < -0.39 is 10.2 Å². The standard InChI is InChI=1S/C23H27N5O3S/c1-27-14-19(15-28(2)32(27,30)31)18-8-9-21(20(11-18)17-6-4-3-5-7-17)26-23(29)22-10-16(12-24)13-25-22/h6,8-11,13,19,25H,3-5,7,14-15H2,1-2H3,(H,26,29). The molecule has 1 aromatic carbocycles. The van der Waals surface area contributed by atoms with Crippen molar-refractivity contribution >= 4 is 27.4 Å². The zero-order valence-corrected chi connectivity index (χ0v) is 19.1. The lowest BCUT2D eigenvalue weighted by Gasteiger charge is -2.36. The minimum atomic E-state index is -3.39. The highest BCUT2D eigenvalue weighted by Crippen LogP contribution is 2.35. The predicted molar refractivity (Wildman–Crippen MR) is 123 cm³/mol. The van der Waals surface area contributed by atoms with Crippen molar-refractivity contribution in [3.05, 3.63) is 58.9 Å². The number of amides is 1. The van der Waals surface area contributed by atoms with E-state index in [4.69, 9.17) is 5.26 Å². The van der Waals surface area contributed by atoms with E-state index in [0.29, 0.717) is 30.0 Å². The Morgan fingerprint density at radius 2 is 1.94 bits per heavy atom. The van der Waals surface area contributed by atoms with Crippen LogP contribution >= 0.6 is 0 Å². The summed E-state index contributed by atoms with van der Waals surface area (Å²) in [6, 6.07) is 9.49. The third-order valence-electron chi connectivity index (χ3n) is 6.20. The molecule has 0 radical (unpaired) electrons. The van der Waals surface area contributed by atoms with Gasteiger partial charge in [0, 0.05) is 50.6 Å². The highest BCUT2D eigenvalue weighted by atomic mass is 32.2. The van der Waals surface area contributed by atoms with E-state index >= 15 is 0 Å². The third kappa shape index (κ3) is 4.35. The van der Waals surface area contributed by atoms with Crippen LogP contribution in [0.4, 0.5) is 5.69 Å². The van der Waals surface area contributed by atoms with Gasteiger partial charge in [-0.3, -0.25) is 4.79 Å². The summed E-state index contributed by atoms with van der Waals surface area (Å²) < 4.78 is 27.4. The molecule has 1 amide bonds. The van der Waals surface area contributed by atoms with Crippen LogP contribution in [0.2, 0.25) is 0 Å². The summed E-state index contributed by atoms with van der Waals surface area (Å²) in [5.41, 5.74) is 4.66. The average molecular weight is 454 g/mol. The Morgan fingerprint density at radius 1 is 1.19 bits per heavy atom. The quantitative estimate of drug-likeness (QED) is 0.740. The predicted octanol–water partition coefficient (Wildman–Crippen LogP) is 3.30. The van der Waals surface area contributed by atoms with Gasteiger partial charge < -0.3 is 10.3 Å². The maximum absolute atomic E-state index is 12.8. The third-order valence-corrected chi connectivity index (χ3v) is 8.07. The zero-order valence-electron chi connectivity index (χ0n) is 18.3. The molecule has 32 heavy (non-hydrogen) atoms. The number of rotatable bonds is 4. The van der Waals surface area contributed by atoms with Crippen LogP contribution < -0.4 is 5.32 Å². The summed E-state index contributed by atoms with van der Waals surface area (Å²) >= 11 is 0. The van der Waals surface area contributed by atoms with Gasteiger partial charge in [0.25, 0.3) is 16.1 Å². The van der Waals surface area contributed by atoms with Gasteiger partial charge in [0.1, 0.15) is 11.8 Å². The number of hydrogen-bond acceptors (Lipinski definition) is 4. The van der Waals surface area contributed by atoms with Gasteiger partial charge in [-0.2, -0.15) is 22.3 Å². The molecular weight excluding hydrogens is 426 g/mol. The number of nitrogens with zero attached hydrogens (tertiary/aromatic N) is 3. The monoisotopic (exact) mass is 453 g/mol. The van der Waals surface area contributed by atoms with Crippen molar-refractivity contribution in [3.63, 3.8) is 0 Å². The first-order valence-electron chi connectivity index (χ1n) is 10.7. The van der Waals surface area contributed by atoms with Crippen LogP contribution in [-0.2, 0) is 10.2 Å². The molecule has 1 aromatic heterocycles. The van der Waals surface area contributed by atoms with Crippen LogP contribution in [-0.4, -0.2) is 55.1 Å². The van der Waals surface area contributed by atoms with Crippen LogP contribution in [0.15, 0.2) is 36.5 Å². The maximum Gasteiger partial charge on any atom is 0.281 e. The number of likely N-dealkylation sites (N-methyl/N-ethyl adjacent to an activating group) is 2. The van der Waals surface area contributed by atoms with Gasteiger partial charge in [0.2, 0.25) is 0 Å². The minimum Gasteiger partial charge on any atom is -0.356 e. The number of H-pyrrole nitrogens is 1. The lowest BCUT2D eigenvalue weighted by molar-refractivity contribution is 0.102. The number of nitriles is 1. The molecule has 1 aliphatic carbocycles. The van der Waals surface area contributed by atoms with Crippen molar-refractivity contribution in [2.75, 3.05) is 32.5 Å². The number of aromatic amines is 1. The SMILES string of the molecule is CN1CC(c2ccc(NC(=O)c3cc(C#N)c[nH]3)c(C3=CCCCC3)c2)CN(C)S1(=O)=O. The summed E-state index contributed by atoms with van der Waals surface area (Å²) in [5, 5.41) is 12.0. The molecule has 2 heterocycles. The second-order valence-electron chi connectivity index (χ2n) is 8.41. The van der Waals surface area contributed by atoms with Gasteiger partial charge in [0.15, 0.2) is 0 Å². The van der Waals surface area contributed by atoms with Crippen LogP contribution in [0.1, 0.15) is 58.8 Å². The second-order valence-corrected chi connectivity index (χ2v) is 10.6. The second kappa shape index (κ2) is 8.90. The number of allylic oxidation sites excluding steroid dienone is 2. The average Bonchev–Trinajstić information content (AvgIpc) is 3.28. The molecular formula is C23H27N5O3S. The Kier molecular flexibility index (Phi) is 6.20. The number of anilines is 1. The fraction of sp³-hybridized carbons (Fsp3) is 0.391. The van der Waals surface area contributed by atoms with Gasteiger partial charge in [-0.25, -0.2) is 0 Å². The van der Waals surface area contributed by atoms with E-state index in [0.717, 1.165) is 36.8 Å². The summed E-state index contributed by atoms with van der Waals surface area (Å²) in [6.07, 6.45) is 7.92. The summed E-state index contributed by atoms with van der Waals surface area (Å²) in [7, 11) is -0.194. The van der Waals surface area contributed by atoms with Crippen molar-refractivity contribution in [1.82, 2.24) is 13.6 Å². The van der Waals surface area contributed by atoms with E-state index in [-0.39, 0.29) is 11.8 Å². The first-order chi connectivity index (χ1) is 15.3. The number of benzene rings is 1. The van der Waals surface area contributed by atoms with Gasteiger partial charge in [-0.05, 0) is 55.0 Å². The first-order valence-corrected chi connectivity index (χ1v) is 12.1. The van der Waals surface area contributed by atoms with Gasteiger partial charge >= 0.3 is 0 Å². The Hall–Kier alpha value is -2.93. The van der Waals surface area contributed by atoms with E-state index in [2.05, 4.69) is 22.4 Å². The number of carbonyl (C=O) groups is 1. The van der Waals surface area contributed by atoms with Crippen LogP contribution in [0.5, 0.6) is 0 Å². The molecule has 0 saturated carbocycles. The maximum atomic E-state index is 12.8. The normalized spacial score (nSPS) is 19.8. The molecule has 1 fully saturated rings. The van der Waals surface area contributed by atoms with Crippen molar-refractivity contribution in [1.29, 1.82) is 5.26 Å². The molecule has 0 unspecified atom stereocenters. The molecule has 4 rings (SSSR count). The molecule has 168 valence electrons. The number of nitrogens with one attached hydrogen (secondary N) is 2. The fourth-order valence-electron chi connectivity index (χ4n) is 4.37. The van der Waals surface area contributed by atoms with Crippen molar-refractivity contribution in [3.8, 4) is 6.07 Å². The molecule has 2 N–H and O–H groups in total. The Bertz CT molecular complexity index is 1190. The van der Waals surface area contributed by atoms with Crippen molar-refractivity contribution in [2.45, 2.75) is 31.6 Å². The fourth-order valence-corrected chi connectivity index (χ4v) is 5.58. The molecule has 0 bridgehead atoms. The largest absolute Gasteiger partial charge is 0.356 e. The van der Waals surface area contributed by atoms with Crippen LogP contribution in [0.25, 0.3) is 5.57 Å². The van der Waals surface area contributed by atoms with E-state index in [9.17, 15) is 13.2 Å². The molecule has 1 aliphatic heterocycles. The molecule has 9 heteroatoms. The molecule has 2 aromatic rings. The van der Waals surface area contributed by atoms with Gasteiger partial charge in [0.05, 0.1) is 5.56 Å². The van der Waals surface area contributed by atoms with Crippen molar-refractivity contribution < 1.29 is 13.2 Å². The van der Waals surface area contributed by atoms with E-state index in [1.54, 1.807) is 14.1 Å². The molecule has 1 saturated heterocycles. The lowest BCUT2D eigenvalue weighted by atomic mass is 9.89. The summed E-state index contributed by atoms with van der Waals surface area (Å²) in [5.74, 6) is -0.275. The molecule has 2 aliphatic rings. The number of carbonyl (C=O) groups excluding carboxylic acids is 1. The zero-order chi connectivity index (χ0) is 22.9. The smallest absolute Gasteiger partial charge is 0.281 e. The van der Waals surface area contributed by atoms with E-state index in [1.807, 2.05) is 18.2 Å². The first kappa shape index (κ1) is 22.3. The van der Waals surface area contributed by atoms with E-state index in [1.165, 1.54) is 26.4 Å². The lowest BCUT2D eigenvalue weighted by Crippen LogP contribution is -2.49. The van der Waals surface area contributed by atoms with Gasteiger partial charge in [-0.1, -0.05) is 12.1 Å². The molecule has 0 atom stereocenters. The van der Waals surface area contributed by atoms with Crippen molar-refractivity contribution in [2.24, 2.45) is 0 Å². The summed E-state index contributed by atoms with van der Waals surface area (Å²) in [6.45, 7) is 0.826. The highest BCUT2D eigenvalue weighted by molar-refractivity contribution is 7.86. The highest BCUT2D eigenvalue weighted by Gasteiger charge is 2.34. The molecule has 0 spiro atoms. The Morgan fingerprint density at radius 3 is 2.56 bits per heavy atom. The van der Waals surface area contributed by atoms with Crippen LogP contribution in [0.3, 0.4) is 0 Å². The Balaban J connectivity index is 1.66. The van der Waals surface area contributed by atoms with Crippen LogP contribution in [0, 0.1) is 11.3 Å². The minimum absolute atomic E-state index is 0.0304. The summed E-state index contributed by atoms with van der Waals surface area (Å²) in [4.78, 5) is 15.6.